The lowest BCUT2D eigenvalue weighted by Gasteiger charge is -2.24. The quantitative estimate of drug-likeness (QED) is 0.885. The summed E-state index contributed by atoms with van der Waals surface area (Å²) in [6.45, 7) is 3.93. The summed E-state index contributed by atoms with van der Waals surface area (Å²) >= 11 is 0. The van der Waals surface area contributed by atoms with Gasteiger partial charge >= 0.3 is 0 Å². The van der Waals surface area contributed by atoms with Crippen LogP contribution in [0.25, 0.3) is 0 Å². The number of hydrogen-bond acceptors (Lipinski definition) is 3. The minimum absolute atomic E-state index is 0.120. The van der Waals surface area contributed by atoms with E-state index >= 15 is 0 Å². The Balaban J connectivity index is 2.04. The molecule has 112 valence electrons. The van der Waals surface area contributed by atoms with Crippen LogP contribution in [0.1, 0.15) is 5.56 Å². The zero-order chi connectivity index (χ0) is 15.7. The van der Waals surface area contributed by atoms with Crippen LogP contribution in [0.3, 0.4) is 0 Å². The van der Waals surface area contributed by atoms with Gasteiger partial charge in [-0.1, -0.05) is 49.0 Å². The summed E-state index contributed by atoms with van der Waals surface area (Å²) in [6, 6.07) is 16.4. The third kappa shape index (κ3) is 2.09. The highest BCUT2D eigenvalue weighted by Crippen LogP contribution is 2.41. The maximum atomic E-state index is 12.6. The summed E-state index contributed by atoms with van der Waals surface area (Å²) in [5.41, 5.74) is 0.0671. The van der Waals surface area contributed by atoms with Crippen molar-refractivity contribution in [2.75, 3.05) is 18.6 Å². The van der Waals surface area contributed by atoms with Crippen LogP contribution in [0.4, 0.5) is 5.69 Å². The van der Waals surface area contributed by atoms with E-state index in [2.05, 4.69) is 6.58 Å². The molecule has 1 heterocycles. The van der Waals surface area contributed by atoms with Gasteiger partial charge in [-0.15, -0.1) is 0 Å². The zero-order valence-electron chi connectivity index (χ0n) is 12.3. The number of rotatable bonds is 3. The number of benzene rings is 2. The van der Waals surface area contributed by atoms with Crippen molar-refractivity contribution in [3.8, 4) is 5.75 Å². The van der Waals surface area contributed by atoms with Gasteiger partial charge in [-0.3, -0.25) is 4.79 Å². The van der Waals surface area contributed by atoms with E-state index in [-0.39, 0.29) is 18.0 Å². The first-order valence-electron chi connectivity index (χ1n) is 7.00. The standard InChI is InChI=1S/C18H17NO3/c1-13-17(20)19(15-10-6-7-11-16(15)22-2)12-18(13,21)14-8-4-3-5-9-14/h3-11,21H,1,12H2,2H3. The Morgan fingerprint density at radius 1 is 1.14 bits per heavy atom. The average Bonchev–Trinajstić information content (AvgIpc) is 2.81. The molecule has 1 aliphatic rings. The molecule has 4 nitrogen and oxygen atoms in total. The lowest BCUT2D eigenvalue weighted by Crippen LogP contribution is -2.31. The molecule has 1 unspecified atom stereocenters. The Kier molecular flexibility index (Phi) is 3.47. The van der Waals surface area contributed by atoms with Crippen molar-refractivity contribution in [1.82, 2.24) is 0 Å². The van der Waals surface area contributed by atoms with Crippen molar-refractivity contribution in [1.29, 1.82) is 0 Å². The summed E-state index contributed by atoms with van der Waals surface area (Å²) in [4.78, 5) is 14.1. The van der Waals surface area contributed by atoms with E-state index in [1.54, 1.807) is 31.4 Å². The second-order valence-electron chi connectivity index (χ2n) is 5.27. The van der Waals surface area contributed by atoms with Crippen LogP contribution in [0, 0.1) is 0 Å². The molecule has 4 heteroatoms. The van der Waals surface area contributed by atoms with Crippen molar-refractivity contribution < 1.29 is 14.6 Å². The zero-order valence-corrected chi connectivity index (χ0v) is 12.3. The molecule has 1 amide bonds. The number of aliphatic hydroxyl groups is 1. The minimum Gasteiger partial charge on any atom is -0.495 e. The predicted molar refractivity (Wildman–Crippen MR) is 84.8 cm³/mol. The minimum atomic E-state index is -1.39. The Morgan fingerprint density at radius 2 is 1.77 bits per heavy atom. The first-order chi connectivity index (χ1) is 10.6. The third-order valence-corrected chi connectivity index (χ3v) is 4.02. The second-order valence-corrected chi connectivity index (χ2v) is 5.27. The predicted octanol–water partition coefficient (Wildman–Crippen LogP) is 2.49. The van der Waals surface area contributed by atoms with E-state index < -0.39 is 5.60 Å². The fraction of sp³-hybridized carbons (Fsp3) is 0.167. The summed E-state index contributed by atoms with van der Waals surface area (Å²) in [7, 11) is 1.55. The molecule has 0 spiro atoms. The van der Waals surface area contributed by atoms with E-state index in [1.807, 2.05) is 30.3 Å². The Hall–Kier alpha value is -2.59. The monoisotopic (exact) mass is 295 g/mol. The molecule has 2 aromatic carbocycles. The van der Waals surface area contributed by atoms with E-state index in [0.29, 0.717) is 17.0 Å². The number of ether oxygens (including phenoxy) is 1. The van der Waals surface area contributed by atoms with Gasteiger partial charge in [0.1, 0.15) is 11.4 Å². The van der Waals surface area contributed by atoms with Gasteiger partial charge in [0.05, 0.1) is 19.3 Å². The van der Waals surface area contributed by atoms with E-state index in [4.69, 9.17) is 4.74 Å². The Morgan fingerprint density at radius 3 is 2.45 bits per heavy atom. The normalized spacial score (nSPS) is 21.3. The topological polar surface area (TPSA) is 49.8 Å². The van der Waals surface area contributed by atoms with Crippen LogP contribution in [-0.4, -0.2) is 24.7 Å². The number of nitrogens with zero attached hydrogens (tertiary/aromatic N) is 1. The third-order valence-electron chi connectivity index (χ3n) is 4.02. The molecule has 0 radical (unpaired) electrons. The summed E-state index contributed by atoms with van der Waals surface area (Å²) in [5, 5.41) is 11.0. The summed E-state index contributed by atoms with van der Waals surface area (Å²) < 4.78 is 5.31. The fourth-order valence-corrected chi connectivity index (χ4v) is 2.76. The number of methoxy groups -OCH3 is 1. The number of amides is 1. The van der Waals surface area contributed by atoms with Crippen molar-refractivity contribution in [3.63, 3.8) is 0 Å². The lowest BCUT2D eigenvalue weighted by atomic mass is 9.89. The van der Waals surface area contributed by atoms with Gasteiger partial charge < -0.3 is 14.7 Å². The van der Waals surface area contributed by atoms with Gasteiger partial charge in [0.15, 0.2) is 0 Å². The van der Waals surface area contributed by atoms with Crippen LogP contribution in [0.5, 0.6) is 5.75 Å². The molecule has 0 aromatic heterocycles. The lowest BCUT2D eigenvalue weighted by molar-refractivity contribution is -0.114. The molecule has 22 heavy (non-hydrogen) atoms. The molecule has 0 bridgehead atoms. The van der Waals surface area contributed by atoms with Gasteiger partial charge in [-0.2, -0.15) is 0 Å². The highest BCUT2D eigenvalue weighted by molar-refractivity contribution is 6.10. The number of β-amino-alcohol motifs (C(OH)–C–C–N with tert-alkyl or cyclic N) is 1. The number of anilines is 1. The first-order valence-corrected chi connectivity index (χ1v) is 7.00. The van der Waals surface area contributed by atoms with E-state index in [1.165, 1.54) is 4.90 Å². The van der Waals surface area contributed by atoms with Gasteiger partial charge in [-0.25, -0.2) is 0 Å². The summed E-state index contributed by atoms with van der Waals surface area (Å²) in [6.07, 6.45) is 0. The van der Waals surface area contributed by atoms with Crippen LogP contribution in [0.15, 0.2) is 66.7 Å². The number of hydrogen-bond donors (Lipinski definition) is 1. The fourth-order valence-electron chi connectivity index (χ4n) is 2.76. The summed E-state index contributed by atoms with van der Waals surface area (Å²) in [5.74, 6) is 0.289. The molecular formula is C18H17NO3. The van der Waals surface area contributed by atoms with Crippen LogP contribution in [0.2, 0.25) is 0 Å². The maximum Gasteiger partial charge on any atom is 0.257 e. The largest absolute Gasteiger partial charge is 0.495 e. The van der Waals surface area contributed by atoms with E-state index in [9.17, 15) is 9.90 Å². The van der Waals surface area contributed by atoms with Crippen molar-refractivity contribution >= 4 is 11.6 Å². The average molecular weight is 295 g/mol. The van der Waals surface area contributed by atoms with Gasteiger partial charge in [0.25, 0.3) is 5.91 Å². The van der Waals surface area contributed by atoms with Crippen molar-refractivity contribution in [3.05, 3.63) is 72.3 Å². The maximum absolute atomic E-state index is 12.6. The van der Waals surface area contributed by atoms with Crippen molar-refractivity contribution in [2.24, 2.45) is 0 Å². The molecule has 3 rings (SSSR count). The molecule has 1 saturated heterocycles. The molecule has 1 atom stereocenters. The molecule has 2 aromatic rings. The second kappa shape index (κ2) is 5.31. The molecule has 0 saturated carbocycles. The SMILES string of the molecule is C=C1C(=O)N(c2ccccc2OC)CC1(O)c1ccccc1. The molecule has 1 N–H and O–H groups in total. The first kappa shape index (κ1) is 14.4. The molecular weight excluding hydrogens is 278 g/mol. The van der Waals surface area contributed by atoms with Crippen LogP contribution < -0.4 is 9.64 Å². The number of carbonyl (C=O) groups is 1. The molecule has 1 aliphatic heterocycles. The van der Waals surface area contributed by atoms with Gasteiger partial charge in [-0.05, 0) is 17.7 Å². The highest BCUT2D eigenvalue weighted by atomic mass is 16.5. The number of para-hydroxylation sites is 2. The Labute approximate surface area is 129 Å². The van der Waals surface area contributed by atoms with Crippen molar-refractivity contribution in [2.45, 2.75) is 5.60 Å². The van der Waals surface area contributed by atoms with Crippen LogP contribution >= 0.6 is 0 Å². The smallest absolute Gasteiger partial charge is 0.257 e. The molecule has 1 fully saturated rings. The van der Waals surface area contributed by atoms with Crippen LogP contribution in [-0.2, 0) is 10.4 Å². The Bertz CT molecular complexity index is 726. The molecule has 0 aliphatic carbocycles. The number of carbonyl (C=O) groups excluding carboxylic acids is 1. The highest BCUT2D eigenvalue weighted by Gasteiger charge is 2.47. The van der Waals surface area contributed by atoms with E-state index in [0.717, 1.165) is 0 Å². The van der Waals surface area contributed by atoms with Gasteiger partial charge in [0, 0.05) is 5.57 Å². The van der Waals surface area contributed by atoms with Gasteiger partial charge in [0.2, 0.25) is 0 Å².